The minimum atomic E-state index is -0.0533. The molecule has 1 fully saturated rings. The number of carbonyl (C=O) groups is 1. The Hall–Kier alpha value is -0.670. The van der Waals surface area contributed by atoms with Crippen LogP contribution in [0.2, 0.25) is 0 Å². The fourth-order valence-corrected chi connectivity index (χ4v) is 2.47. The Morgan fingerprint density at radius 2 is 2.20 bits per heavy atom. The number of ether oxygens (including phenoxy) is 1. The van der Waals surface area contributed by atoms with Crippen LogP contribution in [0.5, 0.6) is 0 Å². The van der Waals surface area contributed by atoms with Crippen molar-refractivity contribution in [3.05, 3.63) is 33.8 Å². The minimum Gasteiger partial charge on any atom is -0.373 e. The number of benzene rings is 1. The molecule has 1 aliphatic rings. The van der Waals surface area contributed by atoms with Crippen molar-refractivity contribution < 1.29 is 9.53 Å². The number of hydrogen-bond acceptors (Lipinski definition) is 2. The second-order valence-electron chi connectivity index (χ2n) is 3.91. The molecule has 0 aliphatic carbocycles. The van der Waals surface area contributed by atoms with Gasteiger partial charge < -0.3 is 4.74 Å². The van der Waals surface area contributed by atoms with Gasteiger partial charge in [-0.05, 0) is 30.2 Å². The zero-order chi connectivity index (χ0) is 10.8. The van der Waals surface area contributed by atoms with Crippen molar-refractivity contribution in [3.8, 4) is 0 Å². The van der Waals surface area contributed by atoms with E-state index in [9.17, 15) is 4.79 Å². The molecule has 2 rings (SSSR count). The lowest BCUT2D eigenvalue weighted by atomic mass is 9.99. The van der Waals surface area contributed by atoms with E-state index in [-0.39, 0.29) is 6.10 Å². The van der Waals surface area contributed by atoms with E-state index < -0.39 is 0 Å². The summed E-state index contributed by atoms with van der Waals surface area (Å²) in [4.78, 5) is 11.3. The number of halogens is 1. The van der Waals surface area contributed by atoms with Gasteiger partial charge >= 0.3 is 0 Å². The predicted octanol–water partition coefficient (Wildman–Crippen LogP) is 3.18. The Bertz CT molecular complexity index is 367. The summed E-state index contributed by atoms with van der Waals surface area (Å²) < 4.78 is 6.64. The quantitative estimate of drug-likeness (QED) is 0.782. The van der Waals surface area contributed by atoms with Crippen LogP contribution in [0, 0.1) is 6.92 Å². The Balaban J connectivity index is 2.24. The molecule has 1 unspecified atom stereocenters. The molecule has 0 saturated carbocycles. The van der Waals surface area contributed by atoms with Crippen LogP contribution in [0.3, 0.4) is 0 Å². The molecule has 0 N–H and O–H groups in total. The fourth-order valence-electron chi connectivity index (χ4n) is 1.85. The summed E-state index contributed by atoms with van der Waals surface area (Å²) in [5.41, 5.74) is 2.27. The Labute approximate surface area is 97.8 Å². The van der Waals surface area contributed by atoms with Crippen LogP contribution in [0.1, 0.15) is 30.1 Å². The number of ketones is 1. The maximum Gasteiger partial charge on any atom is 0.138 e. The number of aryl methyl sites for hydroxylation is 1. The molecular formula is C12H13BrO2. The van der Waals surface area contributed by atoms with Gasteiger partial charge in [-0.3, -0.25) is 4.79 Å². The van der Waals surface area contributed by atoms with E-state index >= 15 is 0 Å². The van der Waals surface area contributed by atoms with Crippen LogP contribution in [-0.2, 0) is 9.53 Å². The van der Waals surface area contributed by atoms with Gasteiger partial charge in [0.2, 0.25) is 0 Å². The van der Waals surface area contributed by atoms with Gasteiger partial charge in [-0.15, -0.1) is 0 Å². The summed E-state index contributed by atoms with van der Waals surface area (Å²) in [5, 5.41) is 0. The van der Waals surface area contributed by atoms with Crippen molar-refractivity contribution >= 4 is 21.7 Å². The third-order valence-corrected chi connectivity index (χ3v) is 3.01. The zero-order valence-corrected chi connectivity index (χ0v) is 10.2. The first-order chi connectivity index (χ1) is 7.15. The van der Waals surface area contributed by atoms with Gasteiger partial charge in [-0.1, -0.05) is 22.0 Å². The van der Waals surface area contributed by atoms with E-state index in [1.165, 1.54) is 5.56 Å². The van der Waals surface area contributed by atoms with E-state index in [1.54, 1.807) is 0 Å². The lowest BCUT2D eigenvalue weighted by Crippen LogP contribution is -2.19. The molecule has 0 radical (unpaired) electrons. The highest BCUT2D eigenvalue weighted by Gasteiger charge is 2.21. The van der Waals surface area contributed by atoms with Crippen LogP contribution >= 0.6 is 15.9 Å². The first-order valence-corrected chi connectivity index (χ1v) is 5.85. The summed E-state index contributed by atoms with van der Waals surface area (Å²) in [7, 11) is 0. The monoisotopic (exact) mass is 268 g/mol. The molecule has 1 aromatic carbocycles. The standard InChI is InChI=1S/C12H13BrO2/c1-8-4-9(6-10(13)5-8)12-7-11(14)2-3-15-12/h4-6,12H,2-3,7H2,1H3. The topological polar surface area (TPSA) is 26.3 Å². The summed E-state index contributed by atoms with van der Waals surface area (Å²) in [6.07, 6.45) is 1.02. The molecule has 1 heterocycles. The first kappa shape index (κ1) is 10.8. The van der Waals surface area contributed by atoms with Gasteiger partial charge in [0.25, 0.3) is 0 Å². The van der Waals surface area contributed by atoms with Gasteiger partial charge in [0, 0.05) is 17.3 Å². The molecule has 1 atom stereocenters. The molecule has 0 spiro atoms. The molecule has 3 heteroatoms. The number of hydrogen-bond donors (Lipinski definition) is 0. The maximum absolute atomic E-state index is 11.3. The number of rotatable bonds is 1. The summed E-state index contributed by atoms with van der Waals surface area (Å²) >= 11 is 3.45. The Morgan fingerprint density at radius 3 is 2.87 bits per heavy atom. The predicted molar refractivity (Wildman–Crippen MR) is 61.8 cm³/mol. The highest BCUT2D eigenvalue weighted by Crippen LogP contribution is 2.28. The van der Waals surface area contributed by atoms with Gasteiger partial charge in [-0.25, -0.2) is 0 Å². The van der Waals surface area contributed by atoms with E-state index in [1.807, 2.05) is 19.1 Å². The minimum absolute atomic E-state index is 0.0533. The summed E-state index contributed by atoms with van der Waals surface area (Å²) in [5.74, 6) is 0.295. The van der Waals surface area contributed by atoms with Crippen molar-refractivity contribution in [1.82, 2.24) is 0 Å². The Morgan fingerprint density at radius 1 is 1.40 bits per heavy atom. The summed E-state index contributed by atoms with van der Waals surface area (Å²) in [6, 6.07) is 6.15. The van der Waals surface area contributed by atoms with Crippen molar-refractivity contribution in [2.45, 2.75) is 25.9 Å². The second kappa shape index (κ2) is 4.45. The van der Waals surface area contributed by atoms with Gasteiger partial charge in [0.05, 0.1) is 12.7 Å². The van der Waals surface area contributed by atoms with Crippen molar-refractivity contribution in [2.24, 2.45) is 0 Å². The fraction of sp³-hybridized carbons (Fsp3) is 0.417. The van der Waals surface area contributed by atoms with E-state index in [2.05, 4.69) is 22.0 Å². The third kappa shape index (κ3) is 2.67. The van der Waals surface area contributed by atoms with Crippen molar-refractivity contribution in [2.75, 3.05) is 6.61 Å². The van der Waals surface area contributed by atoms with Crippen molar-refractivity contribution in [3.63, 3.8) is 0 Å². The molecule has 2 nitrogen and oxygen atoms in total. The molecule has 1 aromatic rings. The molecule has 1 aliphatic heterocycles. The average Bonchev–Trinajstić information content (AvgIpc) is 2.16. The largest absolute Gasteiger partial charge is 0.373 e. The molecule has 15 heavy (non-hydrogen) atoms. The molecule has 0 amide bonds. The molecule has 80 valence electrons. The Kier molecular flexibility index (Phi) is 3.22. The zero-order valence-electron chi connectivity index (χ0n) is 8.63. The smallest absolute Gasteiger partial charge is 0.138 e. The van der Waals surface area contributed by atoms with E-state index in [4.69, 9.17) is 4.74 Å². The van der Waals surface area contributed by atoms with Crippen LogP contribution < -0.4 is 0 Å². The normalized spacial score (nSPS) is 21.7. The first-order valence-electron chi connectivity index (χ1n) is 5.05. The molecule has 1 saturated heterocycles. The van der Waals surface area contributed by atoms with E-state index in [0.717, 1.165) is 10.0 Å². The highest BCUT2D eigenvalue weighted by molar-refractivity contribution is 9.10. The molecular weight excluding hydrogens is 256 g/mol. The second-order valence-corrected chi connectivity index (χ2v) is 4.83. The lowest BCUT2D eigenvalue weighted by Gasteiger charge is -2.22. The third-order valence-electron chi connectivity index (χ3n) is 2.55. The van der Waals surface area contributed by atoms with Crippen LogP contribution in [0.4, 0.5) is 0 Å². The van der Waals surface area contributed by atoms with Crippen LogP contribution in [0.15, 0.2) is 22.7 Å². The van der Waals surface area contributed by atoms with Crippen molar-refractivity contribution in [1.29, 1.82) is 0 Å². The molecule has 0 aromatic heterocycles. The van der Waals surface area contributed by atoms with Gasteiger partial charge in [-0.2, -0.15) is 0 Å². The van der Waals surface area contributed by atoms with Crippen LogP contribution in [-0.4, -0.2) is 12.4 Å². The maximum atomic E-state index is 11.3. The highest BCUT2D eigenvalue weighted by atomic mass is 79.9. The average molecular weight is 269 g/mol. The van der Waals surface area contributed by atoms with E-state index in [0.29, 0.717) is 25.2 Å². The van der Waals surface area contributed by atoms with Gasteiger partial charge in [0.15, 0.2) is 0 Å². The lowest BCUT2D eigenvalue weighted by molar-refractivity contribution is -0.128. The SMILES string of the molecule is Cc1cc(Br)cc(C2CC(=O)CCO2)c1. The summed E-state index contributed by atoms with van der Waals surface area (Å²) in [6.45, 7) is 2.59. The van der Waals surface area contributed by atoms with Crippen LogP contribution in [0.25, 0.3) is 0 Å². The molecule has 0 bridgehead atoms. The van der Waals surface area contributed by atoms with Gasteiger partial charge in [0.1, 0.15) is 5.78 Å². The number of carbonyl (C=O) groups excluding carboxylic acids is 1. The number of Topliss-reactive ketones (excluding diaryl/α,β-unsaturated/α-hetero) is 1.